The smallest absolute Gasteiger partial charge is 0.175 e. The minimum atomic E-state index is 0.402. The summed E-state index contributed by atoms with van der Waals surface area (Å²) in [5.74, 6) is 1.05. The Labute approximate surface area is 88.7 Å². The number of hydrogen-bond donors (Lipinski definition) is 0. The maximum Gasteiger partial charge on any atom is 0.175 e. The molecule has 0 heterocycles. The average molecular weight is 204 g/mol. The molecule has 0 radical (unpaired) electrons. The van der Waals surface area contributed by atoms with Crippen LogP contribution in [0.3, 0.4) is 0 Å². The van der Waals surface area contributed by atoms with Crippen molar-refractivity contribution in [2.45, 2.75) is 13.8 Å². The van der Waals surface area contributed by atoms with Gasteiger partial charge in [0.25, 0.3) is 0 Å². The molecule has 4 heteroatoms. The molecule has 0 aliphatic carbocycles. The molecule has 1 aromatic rings. The van der Waals surface area contributed by atoms with Crippen LogP contribution in [0.5, 0.6) is 11.5 Å². The first-order chi connectivity index (χ1) is 7.17. The van der Waals surface area contributed by atoms with Crippen molar-refractivity contribution >= 4 is 5.71 Å². The quantitative estimate of drug-likeness (QED) is 0.561. The van der Waals surface area contributed by atoms with E-state index in [-0.39, 0.29) is 0 Å². The molecule has 0 aliphatic rings. The monoisotopic (exact) mass is 204 g/mol. The van der Waals surface area contributed by atoms with Crippen molar-refractivity contribution < 1.29 is 9.57 Å². The summed E-state index contributed by atoms with van der Waals surface area (Å²) in [7, 11) is 1.55. The van der Waals surface area contributed by atoms with Crippen LogP contribution in [0.25, 0.3) is 0 Å². The molecule has 0 amide bonds. The molecular formula is C11H12N2O2. The highest BCUT2D eigenvalue weighted by atomic mass is 16.6. The van der Waals surface area contributed by atoms with Crippen LogP contribution in [0.15, 0.2) is 23.4 Å². The first-order valence-corrected chi connectivity index (χ1v) is 4.43. The van der Waals surface area contributed by atoms with Gasteiger partial charge in [0.2, 0.25) is 0 Å². The topological polar surface area (TPSA) is 54.6 Å². The van der Waals surface area contributed by atoms with E-state index in [1.54, 1.807) is 25.3 Å². The van der Waals surface area contributed by atoms with E-state index >= 15 is 0 Å². The first-order valence-electron chi connectivity index (χ1n) is 4.43. The van der Waals surface area contributed by atoms with E-state index in [0.29, 0.717) is 17.1 Å². The van der Waals surface area contributed by atoms with Gasteiger partial charge in [0.05, 0.1) is 12.8 Å². The van der Waals surface area contributed by atoms with Crippen LogP contribution < -0.4 is 9.57 Å². The highest BCUT2D eigenvalue weighted by Gasteiger charge is 2.04. The van der Waals surface area contributed by atoms with Gasteiger partial charge >= 0.3 is 0 Å². The number of ether oxygens (including phenoxy) is 1. The van der Waals surface area contributed by atoms with Crippen molar-refractivity contribution in [3.8, 4) is 17.6 Å². The number of methoxy groups -OCH3 is 1. The third-order valence-electron chi connectivity index (χ3n) is 1.63. The Kier molecular flexibility index (Phi) is 3.69. The lowest BCUT2D eigenvalue weighted by Gasteiger charge is -2.04. The number of nitriles is 1. The SMILES string of the molecule is COc1ccc(ON=C(C)C)c(C#N)c1. The van der Waals surface area contributed by atoms with E-state index in [1.165, 1.54) is 0 Å². The van der Waals surface area contributed by atoms with Gasteiger partial charge in [-0.05, 0) is 26.0 Å². The fourth-order valence-electron chi connectivity index (χ4n) is 0.944. The van der Waals surface area contributed by atoms with E-state index in [2.05, 4.69) is 5.16 Å². The van der Waals surface area contributed by atoms with Crippen LogP contribution in [0, 0.1) is 11.3 Å². The maximum absolute atomic E-state index is 8.87. The van der Waals surface area contributed by atoms with Gasteiger partial charge in [-0.1, -0.05) is 5.16 Å². The molecular weight excluding hydrogens is 192 g/mol. The molecule has 0 unspecified atom stereocenters. The summed E-state index contributed by atoms with van der Waals surface area (Å²) in [4.78, 5) is 5.10. The van der Waals surface area contributed by atoms with Crippen molar-refractivity contribution in [2.24, 2.45) is 5.16 Å². The molecule has 0 fully saturated rings. The molecule has 1 aromatic carbocycles. The molecule has 4 nitrogen and oxygen atoms in total. The summed E-state index contributed by atoms with van der Waals surface area (Å²) < 4.78 is 4.99. The molecule has 0 bridgehead atoms. The lowest BCUT2D eigenvalue weighted by Crippen LogP contribution is -1.92. The molecule has 78 valence electrons. The summed E-state index contributed by atoms with van der Waals surface area (Å²) in [5.41, 5.74) is 1.19. The molecule has 0 saturated carbocycles. The first kappa shape index (κ1) is 11.1. The summed E-state index contributed by atoms with van der Waals surface area (Å²) in [6.07, 6.45) is 0. The Morgan fingerprint density at radius 3 is 2.67 bits per heavy atom. The van der Waals surface area contributed by atoms with Gasteiger partial charge < -0.3 is 9.57 Å². The molecule has 0 atom stereocenters. The highest BCUT2D eigenvalue weighted by Crippen LogP contribution is 2.23. The van der Waals surface area contributed by atoms with Crippen molar-refractivity contribution in [1.29, 1.82) is 5.26 Å². The second-order valence-electron chi connectivity index (χ2n) is 3.10. The largest absolute Gasteiger partial charge is 0.497 e. The minimum absolute atomic E-state index is 0.402. The average Bonchev–Trinajstić information content (AvgIpc) is 2.25. The summed E-state index contributed by atoms with van der Waals surface area (Å²) in [5, 5.41) is 12.7. The van der Waals surface area contributed by atoms with Gasteiger partial charge in [0.1, 0.15) is 17.4 Å². The van der Waals surface area contributed by atoms with Crippen LogP contribution in [0.1, 0.15) is 19.4 Å². The van der Waals surface area contributed by atoms with Gasteiger partial charge in [0, 0.05) is 6.07 Å². The van der Waals surface area contributed by atoms with E-state index in [9.17, 15) is 0 Å². The molecule has 15 heavy (non-hydrogen) atoms. The van der Waals surface area contributed by atoms with Crippen molar-refractivity contribution in [3.63, 3.8) is 0 Å². The number of rotatable bonds is 3. The third kappa shape index (κ3) is 2.99. The van der Waals surface area contributed by atoms with Crippen molar-refractivity contribution in [1.82, 2.24) is 0 Å². The normalized spacial score (nSPS) is 8.93. The van der Waals surface area contributed by atoms with Gasteiger partial charge in [0.15, 0.2) is 5.75 Å². The van der Waals surface area contributed by atoms with Crippen molar-refractivity contribution in [3.05, 3.63) is 23.8 Å². The Hall–Kier alpha value is -2.02. The Morgan fingerprint density at radius 2 is 2.13 bits per heavy atom. The molecule has 0 aromatic heterocycles. The zero-order valence-corrected chi connectivity index (χ0v) is 8.94. The van der Waals surface area contributed by atoms with E-state index in [0.717, 1.165) is 5.71 Å². The Morgan fingerprint density at radius 1 is 1.40 bits per heavy atom. The van der Waals surface area contributed by atoms with Crippen LogP contribution in [0.2, 0.25) is 0 Å². The van der Waals surface area contributed by atoms with Gasteiger partial charge in [-0.2, -0.15) is 5.26 Å². The molecule has 0 N–H and O–H groups in total. The molecule has 0 saturated heterocycles. The number of nitrogens with zero attached hydrogens (tertiary/aromatic N) is 2. The van der Waals surface area contributed by atoms with Crippen molar-refractivity contribution in [2.75, 3.05) is 7.11 Å². The second-order valence-corrected chi connectivity index (χ2v) is 3.10. The van der Waals surface area contributed by atoms with Gasteiger partial charge in [-0.15, -0.1) is 0 Å². The predicted octanol–water partition coefficient (Wildman–Crippen LogP) is 2.34. The minimum Gasteiger partial charge on any atom is -0.497 e. The van der Waals surface area contributed by atoms with Crippen LogP contribution in [-0.4, -0.2) is 12.8 Å². The fraction of sp³-hybridized carbons (Fsp3) is 0.273. The van der Waals surface area contributed by atoms with Crippen LogP contribution in [0.4, 0.5) is 0 Å². The second kappa shape index (κ2) is 5.01. The lowest BCUT2D eigenvalue weighted by atomic mass is 10.2. The lowest BCUT2D eigenvalue weighted by molar-refractivity contribution is 0.338. The molecule has 1 rings (SSSR count). The zero-order valence-electron chi connectivity index (χ0n) is 8.94. The summed E-state index contributed by atoms with van der Waals surface area (Å²) >= 11 is 0. The summed E-state index contributed by atoms with van der Waals surface area (Å²) in [6, 6.07) is 7.00. The van der Waals surface area contributed by atoms with Gasteiger partial charge in [-0.3, -0.25) is 0 Å². The number of hydrogen-bond acceptors (Lipinski definition) is 4. The number of oxime groups is 1. The Balaban J connectivity index is 2.99. The van der Waals surface area contributed by atoms with Crippen LogP contribution >= 0.6 is 0 Å². The molecule has 0 aliphatic heterocycles. The number of benzene rings is 1. The highest BCUT2D eigenvalue weighted by molar-refractivity contribution is 5.78. The van der Waals surface area contributed by atoms with E-state index in [4.69, 9.17) is 14.8 Å². The Bertz CT molecular complexity index is 415. The molecule has 0 spiro atoms. The maximum atomic E-state index is 8.87. The third-order valence-corrected chi connectivity index (χ3v) is 1.63. The standard InChI is InChI=1S/C11H12N2O2/c1-8(2)13-15-11-5-4-10(14-3)6-9(11)7-12/h4-6H,1-3H3. The fourth-order valence-corrected chi connectivity index (χ4v) is 0.944. The predicted molar refractivity (Wildman–Crippen MR) is 57.1 cm³/mol. The van der Waals surface area contributed by atoms with Crippen LogP contribution in [-0.2, 0) is 0 Å². The summed E-state index contributed by atoms with van der Waals surface area (Å²) in [6.45, 7) is 3.63. The van der Waals surface area contributed by atoms with Gasteiger partial charge in [-0.25, -0.2) is 0 Å². The van der Waals surface area contributed by atoms with E-state index < -0.39 is 0 Å². The zero-order chi connectivity index (χ0) is 11.3. The van der Waals surface area contributed by atoms with E-state index in [1.807, 2.05) is 19.9 Å².